The minimum atomic E-state index is -0.715. The van der Waals surface area contributed by atoms with Crippen molar-refractivity contribution in [3.8, 4) is 0 Å². The van der Waals surface area contributed by atoms with Crippen molar-refractivity contribution in [2.24, 2.45) is 0 Å². The van der Waals surface area contributed by atoms with Gasteiger partial charge in [-0.3, -0.25) is 4.98 Å². The van der Waals surface area contributed by atoms with Crippen molar-refractivity contribution in [3.63, 3.8) is 0 Å². The van der Waals surface area contributed by atoms with Gasteiger partial charge in [-0.1, -0.05) is 6.07 Å². The molecule has 0 spiro atoms. The molecule has 0 bridgehead atoms. The van der Waals surface area contributed by atoms with Crippen molar-refractivity contribution in [1.29, 1.82) is 0 Å². The molecule has 0 fully saturated rings. The van der Waals surface area contributed by atoms with Crippen LogP contribution in [-0.2, 0) is 0 Å². The summed E-state index contributed by atoms with van der Waals surface area (Å²) >= 11 is 0. The van der Waals surface area contributed by atoms with Crippen molar-refractivity contribution < 1.29 is 8.78 Å². The second-order valence-electron chi connectivity index (χ2n) is 3.60. The van der Waals surface area contributed by atoms with Crippen molar-refractivity contribution in [2.45, 2.75) is 13.0 Å². The zero-order chi connectivity index (χ0) is 12.3. The first kappa shape index (κ1) is 11.4. The molecular weight excluding hydrogens is 224 g/mol. The van der Waals surface area contributed by atoms with Crippen LogP contribution in [0.5, 0.6) is 0 Å². The second kappa shape index (κ2) is 4.86. The number of anilines is 1. The molecule has 88 valence electrons. The summed E-state index contributed by atoms with van der Waals surface area (Å²) in [5, 5.41) is 2.84. The number of nitrogens with one attached hydrogen (secondary N) is 1. The molecule has 5 heteroatoms. The molecule has 0 saturated heterocycles. The van der Waals surface area contributed by atoms with Gasteiger partial charge in [0, 0.05) is 12.3 Å². The van der Waals surface area contributed by atoms with Gasteiger partial charge in [0.15, 0.2) is 11.6 Å². The van der Waals surface area contributed by atoms with Gasteiger partial charge in [0.1, 0.15) is 5.82 Å². The average molecular weight is 235 g/mol. The molecule has 0 aliphatic carbocycles. The summed E-state index contributed by atoms with van der Waals surface area (Å²) in [4.78, 5) is 7.79. The van der Waals surface area contributed by atoms with Gasteiger partial charge in [-0.05, 0) is 19.1 Å². The largest absolute Gasteiger partial charge is 0.360 e. The van der Waals surface area contributed by atoms with Crippen LogP contribution in [0.2, 0.25) is 0 Å². The standard InChI is InChI=1S/C12H11F2N3/c1-8(11-4-2-3-5-15-11)17-12-10(14)6-9(13)7-16-12/h2-8H,1H3,(H,16,17). The molecule has 1 unspecified atom stereocenters. The van der Waals surface area contributed by atoms with Gasteiger partial charge in [-0.15, -0.1) is 0 Å². The molecule has 1 N–H and O–H groups in total. The van der Waals surface area contributed by atoms with E-state index in [1.807, 2.05) is 19.1 Å². The molecule has 0 radical (unpaired) electrons. The molecule has 0 amide bonds. The molecule has 2 heterocycles. The number of hydrogen-bond acceptors (Lipinski definition) is 3. The summed E-state index contributed by atoms with van der Waals surface area (Å²) in [5.74, 6) is -1.39. The fourth-order valence-corrected chi connectivity index (χ4v) is 1.43. The predicted molar refractivity (Wildman–Crippen MR) is 60.4 cm³/mol. The SMILES string of the molecule is CC(Nc1ncc(F)cc1F)c1ccccn1. The number of halogens is 2. The third-order valence-electron chi connectivity index (χ3n) is 2.29. The molecule has 2 aromatic rings. The quantitative estimate of drug-likeness (QED) is 0.888. The third kappa shape index (κ3) is 2.75. The number of aromatic nitrogens is 2. The van der Waals surface area contributed by atoms with E-state index in [4.69, 9.17) is 0 Å². The van der Waals surface area contributed by atoms with E-state index in [0.29, 0.717) is 0 Å². The number of rotatable bonds is 3. The lowest BCUT2D eigenvalue weighted by Gasteiger charge is -2.14. The predicted octanol–water partition coefficient (Wildman–Crippen LogP) is 2.93. The fourth-order valence-electron chi connectivity index (χ4n) is 1.43. The Balaban J connectivity index is 2.16. The first-order valence-electron chi connectivity index (χ1n) is 5.15. The van der Waals surface area contributed by atoms with Crippen LogP contribution in [0.1, 0.15) is 18.7 Å². The average Bonchev–Trinajstić information content (AvgIpc) is 2.34. The zero-order valence-corrected chi connectivity index (χ0v) is 9.19. The number of nitrogens with zero attached hydrogens (tertiary/aromatic N) is 2. The van der Waals surface area contributed by atoms with Crippen LogP contribution in [0.3, 0.4) is 0 Å². The second-order valence-corrected chi connectivity index (χ2v) is 3.60. The van der Waals surface area contributed by atoms with E-state index in [1.165, 1.54) is 0 Å². The molecular formula is C12H11F2N3. The number of hydrogen-bond donors (Lipinski definition) is 1. The van der Waals surface area contributed by atoms with Crippen LogP contribution in [0.25, 0.3) is 0 Å². The van der Waals surface area contributed by atoms with Gasteiger partial charge in [0.2, 0.25) is 0 Å². The lowest BCUT2D eigenvalue weighted by atomic mass is 10.2. The van der Waals surface area contributed by atoms with Crippen LogP contribution in [0.4, 0.5) is 14.6 Å². The van der Waals surface area contributed by atoms with E-state index < -0.39 is 11.6 Å². The van der Waals surface area contributed by atoms with Crippen molar-refractivity contribution >= 4 is 5.82 Å². The Labute approximate surface area is 97.5 Å². The zero-order valence-electron chi connectivity index (χ0n) is 9.19. The minimum Gasteiger partial charge on any atom is -0.360 e. The summed E-state index contributed by atoms with van der Waals surface area (Å²) in [6.45, 7) is 1.83. The molecule has 2 aromatic heterocycles. The maximum Gasteiger partial charge on any atom is 0.168 e. The third-order valence-corrected chi connectivity index (χ3v) is 2.29. The van der Waals surface area contributed by atoms with Gasteiger partial charge in [-0.25, -0.2) is 13.8 Å². The summed E-state index contributed by atoms with van der Waals surface area (Å²) in [7, 11) is 0. The first-order chi connectivity index (χ1) is 8.16. The Morgan fingerprint density at radius 3 is 2.71 bits per heavy atom. The Morgan fingerprint density at radius 1 is 1.24 bits per heavy atom. The molecule has 3 nitrogen and oxygen atoms in total. The summed E-state index contributed by atoms with van der Waals surface area (Å²) in [6, 6.07) is 6.05. The fraction of sp³-hybridized carbons (Fsp3) is 0.167. The van der Waals surface area contributed by atoms with E-state index >= 15 is 0 Å². The van der Waals surface area contributed by atoms with Gasteiger partial charge in [0.05, 0.1) is 17.9 Å². The molecule has 0 aliphatic heterocycles. The Bertz CT molecular complexity index is 502. The van der Waals surface area contributed by atoms with E-state index in [-0.39, 0.29) is 11.9 Å². The lowest BCUT2D eigenvalue weighted by Crippen LogP contribution is -2.10. The summed E-state index contributed by atoms with van der Waals surface area (Å²) < 4.78 is 26.0. The van der Waals surface area contributed by atoms with Crippen LogP contribution >= 0.6 is 0 Å². The van der Waals surface area contributed by atoms with Crippen LogP contribution < -0.4 is 5.32 Å². The van der Waals surface area contributed by atoms with E-state index in [0.717, 1.165) is 18.0 Å². The lowest BCUT2D eigenvalue weighted by molar-refractivity contribution is 0.573. The smallest absolute Gasteiger partial charge is 0.168 e. The summed E-state index contributed by atoms with van der Waals surface area (Å²) in [6.07, 6.45) is 2.62. The van der Waals surface area contributed by atoms with Crippen molar-refractivity contribution in [1.82, 2.24) is 9.97 Å². The van der Waals surface area contributed by atoms with Crippen LogP contribution in [-0.4, -0.2) is 9.97 Å². The van der Waals surface area contributed by atoms with Gasteiger partial charge in [0.25, 0.3) is 0 Å². The Morgan fingerprint density at radius 2 is 2.06 bits per heavy atom. The monoisotopic (exact) mass is 235 g/mol. The van der Waals surface area contributed by atoms with Crippen LogP contribution in [0.15, 0.2) is 36.7 Å². The van der Waals surface area contributed by atoms with Gasteiger partial charge < -0.3 is 5.32 Å². The molecule has 0 aromatic carbocycles. The highest BCUT2D eigenvalue weighted by Crippen LogP contribution is 2.18. The minimum absolute atomic E-state index is 0.0181. The molecule has 1 atom stereocenters. The van der Waals surface area contributed by atoms with E-state index in [9.17, 15) is 8.78 Å². The Kier molecular flexibility index (Phi) is 3.27. The van der Waals surface area contributed by atoms with Gasteiger partial charge >= 0.3 is 0 Å². The van der Waals surface area contributed by atoms with E-state index in [2.05, 4.69) is 15.3 Å². The highest BCUT2D eigenvalue weighted by Gasteiger charge is 2.10. The van der Waals surface area contributed by atoms with E-state index in [1.54, 1.807) is 12.3 Å². The maximum atomic E-state index is 13.3. The maximum absolute atomic E-state index is 13.3. The molecule has 0 saturated carbocycles. The summed E-state index contributed by atoms with van der Waals surface area (Å²) in [5.41, 5.74) is 0.762. The first-order valence-corrected chi connectivity index (χ1v) is 5.15. The van der Waals surface area contributed by atoms with Gasteiger partial charge in [-0.2, -0.15) is 0 Å². The highest BCUT2D eigenvalue weighted by molar-refractivity contribution is 5.38. The molecule has 17 heavy (non-hydrogen) atoms. The topological polar surface area (TPSA) is 37.8 Å². The number of pyridine rings is 2. The Hall–Kier alpha value is -2.04. The molecule has 2 rings (SSSR count). The normalized spacial score (nSPS) is 12.2. The molecule has 0 aliphatic rings. The highest BCUT2D eigenvalue weighted by atomic mass is 19.1. The van der Waals surface area contributed by atoms with Crippen molar-refractivity contribution in [2.75, 3.05) is 5.32 Å². The van der Waals surface area contributed by atoms with Crippen molar-refractivity contribution in [3.05, 3.63) is 54.0 Å². The van der Waals surface area contributed by atoms with Crippen LogP contribution in [0, 0.1) is 11.6 Å².